The summed E-state index contributed by atoms with van der Waals surface area (Å²) in [5, 5.41) is 3.99. The summed E-state index contributed by atoms with van der Waals surface area (Å²) in [5.74, 6) is 2.35. The predicted octanol–water partition coefficient (Wildman–Crippen LogP) is 3.09. The molecule has 2 unspecified atom stereocenters. The van der Waals surface area contributed by atoms with Gasteiger partial charge >= 0.3 is 0 Å². The quantitative estimate of drug-likeness (QED) is 0.777. The maximum absolute atomic E-state index is 6.11. The van der Waals surface area contributed by atoms with E-state index in [-0.39, 0.29) is 6.04 Å². The summed E-state index contributed by atoms with van der Waals surface area (Å²) in [4.78, 5) is 9.65. The maximum Gasteiger partial charge on any atom is 0.244 e. The van der Waals surface area contributed by atoms with Crippen LogP contribution >= 0.6 is 0 Å². The van der Waals surface area contributed by atoms with E-state index in [1.165, 1.54) is 45.1 Å². The molecule has 1 aromatic rings. The van der Waals surface area contributed by atoms with Gasteiger partial charge in [-0.1, -0.05) is 31.3 Å². The molecule has 1 saturated heterocycles. The second-order valence-electron chi connectivity index (χ2n) is 7.86. The van der Waals surface area contributed by atoms with Gasteiger partial charge in [0.2, 0.25) is 5.89 Å². The molecule has 142 valence electrons. The molecule has 1 aromatic heterocycles. The first-order valence-electron chi connectivity index (χ1n) is 10.2. The Hall–Kier alpha value is -0.980. The van der Waals surface area contributed by atoms with Gasteiger partial charge in [-0.25, -0.2) is 0 Å². The molecule has 0 aromatic carbocycles. The van der Waals surface area contributed by atoms with Gasteiger partial charge in [-0.05, 0) is 44.9 Å². The van der Waals surface area contributed by atoms with Gasteiger partial charge in [-0.15, -0.1) is 0 Å². The van der Waals surface area contributed by atoms with Crippen molar-refractivity contribution in [3.63, 3.8) is 0 Å². The molecule has 1 aliphatic carbocycles. The SMILES string of the molecule is CCC(CN)N(CC1CCCCC1)CN1CCCC1c1nc(C)no1. The lowest BCUT2D eigenvalue weighted by Crippen LogP contribution is -2.48. The lowest BCUT2D eigenvalue weighted by Gasteiger charge is -2.38. The lowest BCUT2D eigenvalue weighted by atomic mass is 9.88. The number of rotatable bonds is 8. The molecule has 2 aliphatic rings. The Labute approximate surface area is 152 Å². The molecule has 1 aliphatic heterocycles. The van der Waals surface area contributed by atoms with Gasteiger partial charge in [0, 0.05) is 25.7 Å². The van der Waals surface area contributed by atoms with E-state index in [4.69, 9.17) is 10.3 Å². The van der Waals surface area contributed by atoms with Gasteiger partial charge in [0.15, 0.2) is 5.82 Å². The molecule has 0 amide bonds. The fourth-order valence-electron chi connectivity index (χ4n) is 4.55. The van der Waals surface area contributed by atoms with Crippen LogP contribution < -0.4 is 5.73 Å². The fraction of sp³-hybridized carbons (Fsp3) is 0.895. The highest BCUT2D eigenvalue weighted by atomic mass is 16.5. The molecular weight excluding hydrogens is 314 g/mol. The maximum atomic E-state index is 6.11. The van der Waals surface area contributed by atoms with Crippen molar-refractivity contribution >= 4 is 0 Å². The van der Waals surface area contributed by atoms with Gasteiger partial charge in [-0.2, -0.15) is 4.98 Å². The van der Waals surface area contributed by atoms with Crippen LogP contribution in [0.2, 0.25) is 0 Å². The summed E-state index contributed by atoms with van der Waals surface area (Å²) in [6, 6.07) is 0.734. The summed E-state index contributed by atoms with van der Waals surface area (Å²) >= 11 is 0. The van der Waals surface area contributed by atoms with Crippen molar-refractivity contribution in [3.8, 4) is 0 Å². The van der Waals surface area contributed by atoms with Gasteiger partial charge in [-0.3, -0.25) is 9.80 Å². The lowest BCUT2D eigenvalue weighted by molar-refractivity contribution is 0.0564. The number of likely N-dealkylation sites (tertiary alicyclic amines) is 1. The van der Waals surface area contributed by atoms with Crippen LogP contribution in [0.4, 0.5) is 0 Å². The Kier molecular flexibility index (Phi) is 6.84. The van der Waals surface area contributed by atoms with E-state index in [1.54, 1.807) is 0 Å². The van der Waals surface area contributed by atoms with Crippen molar-refractivity contribution < 1.29 is 4.52 Å². The minimum Gasteiger partial charge on any atom is -0.338 e. The first-order valence-corrected chi connectivity index (χ1v) is 10.2. The third kappa shape index (κ3) is 4.80. The van der Waals surface area contributed by atoms with Crippen molar-refractivity contribution in [2.45, 2.75) is 77.3 Å². The summed E-state index contributed by atoms with van der Waals surface area (Å²) in [7, 11) is 0. The van der Waals surface area contributed by atoms with Crippen LogP contribution in [0, 0.1) is 12.8 Å². The van der Waals surface area contributed by atoms with Crippen molar-refractivity contribution in [1.82, 2.24) is 19.9 Å². The van der Waals surface area contributed by atoms with E-state index in [2.05, 4.69) is 26.9 Å². The predicted molar refractivity (Wildman–Crippen MR) is 99.0 cm³/mol. The zero-order valence-corrected chi connectivity index (χ0v) is 16.0. The Morgan fingerprint density at radius 2 is 2.04 bits per heavy atom. The van der Waals surface area contributed by atoms with Gasteiger partial charge < -0.3 is 10.3 Å². The van der Waals surface area contributed by atoms with Gasteiger partial charge in [0.25, 0.3) is 0 Å². The summed E-state index contributed by atoms with van der Waals surface area (Å²) in [5.41, 5.74) is 6.11. The standard InChI is InChI=1S/C19H35N5O/c1-3-17(12-20)24(13-16-8-5-4-6-9-16)14-23-11-7-10-18(23)19-21-15(2)22-25-19/h16-18H,3-14,20H2,1-2H3. The zero-order valence-electron chi connectivity index (χ0n) is 16.0. The number of hydrogen-bond acceptors (Lipinski definition) is 6. The number of aromatic nitrogens is 2. The molecule has 0 radical (unpaired) electrons. The summed E-state index contributed by atoms with van der Waals surface area (Å²) < 4.78 is 5.48. The van der Waals surface area contributed by atoms with E-state index in [0.717, 1.165) is 50.2 Å². The highest BCUT2D eigenvalue weighted by Crippen LogP contribution is 2.32. The monoisotopic (exact) mass is 349 g/mol. The molecule has 2 atom stereocenters. The molecule has 2 heterocycles. The van der Waals surface area contributed by atoms with E-state index in [9.17, 15) is 0 Å². The van der Waals surface area contributed by atoms with Crippen molar-refractivity contribution in [1.29, 1.82) is 0 Å². The second-order valence-corrected chi connectivity index (χ2v) is 7.86. The van der Waals surface area contributed by atoms with Crippen LogP contribution in [0.15, 0.2) is 4.52 Å². The topological polar surface area (TPSA) is 71.4 Å². The van der Waals surface area contributed by atoms with Crippen LogP contribution in [0.3, 0.4) is 0 Å². The van der Waals surface area contributed by atoms with E-state index in [0.29, 0.717) is 6.04 Å². The second kappa shape index (κ2) is 9.10. The van der Waals surface area contributed by atoms with Gasteiger partial charge in [0.05, 0.1) is 12.7 Å². The van der Waals surface area contributed by atoms with Gasteiger partial charge in [0.1, 0.15) is 0 Å². The number of nitrogens with two attached hydrogens (primary N) is 1. The average Bonchev–Trinajstić information content (AvgIpc) is 3.25. The molecule has 3 rings (SSSR count). The Balaban J connectivity index is 1.67. The molecule has 2 fully saturated rings. The smallest absolute Gasteiger partial charge is 0.244 e. The van der Waals surface area contributed by atoms with Crippen molar-refractivity contribution in [2.75, 3.05) is 26.3 Å². The third-order valence-electron chi connectivity index (χ3n) is 6.03. The van der Waals surface area contributed by atoms with Crippen LogP contribution in [-0.2, 0) is 0 Å². The van der Waals surface area contributed by atoms with Crippen LogP contribution in [0.25, 0.3) is 0 Å². The Morgan fingerprint density at radius 3 is 2.68 bits per heavy atom. The van der Waals surface area contributed by atoms with E-state index < -0.39 is 0 Å². The Morgan fingerprint density at radius 1 is 1.24 bits per heavy atom. The summed E-state index contributed by atoms with van der Waals surface area (Å²) in [6.07, 6.45) is 10.4. The molecule has 6 nitrogen and oxygen atoms in total. The number of aryl methyl sites for hydroxylation is 1. The molecule has 6 heteroatoms. The molecular formula is C19H35N5O. The molecule has 25 heavy (non-hydrogen) atoms. The normalized spacial score (nSPS) is 24.2. The number of nitrogens with zero attached hydrogens (tertiary/aromatic N) is 4. The minimum absolute atomic E-state index is 0.269. The molecule has 0 bridgehead atoms. The average molecular weight is 350 g/mol. The van der Waals surface area contributed by atoms with E-state index in [1.807, 2.05) is 6.92 Å². The van der Waals surface area contributed by atoms with Crippen molar-refractivity contribution in [3.05, 3.63) is 11.7 Å². The fourth-order valence-corrected chi connectivity index (χ4v) is 4.55. The zero-order chi connectivity index (χ0) is 17.6. The summed E-state index contributed by atoms with van der Waals surface area (Å²) in [6.45, 7) is 8.15. The Bertz CT molecular complexity index is 510. The molecule has 1 saturated carbocycles. The molecule has 0 spiro atoms. The van der Waals surface area contributed by atoms with E-state index >= 15 is 0 Å². The largest absolute Gasteiger partial charge is 0.338 e. The van der Waals surface area contributed by atoms with Crippen LogP contribution in [0.1, 0.15) is 76.0 Å². The minimum atomic E-state index is 0.269. The van der Waals surface area contributed by atoms with Crippen LogP contribution in [0.5, 0.6) is 0 Å². The van der Waals surface area contributed by atoms with Crippen molar-refractivity contribution in [2.24, 2.45) is 11.7 Å². The number of hydrogen-bond donors (Lipinski definition) is 1. The molecule has 2 N–H and O–H groups in total. The third-order valence-corrected chi connectivity index (χ3v) is 6.03. The van der Waals surface area contributed by atoms with Crippen LogP contribution in [-0.4, -0.2) is 52.3 Å². The highest BCUT2D eigenvalue weighted by molar-refractivity contribution is 4.96. The first-order chi connectivity index (χ1) is 12.2. The highest BCUT2D eigenvalue weighted by Gasteiger charge is 2.33. The first kappa shape index (κ1) is 18.8.